The number of anilines is 2. The zero-order valence-electron chi connectivity index (χ0n) is 14.2. The van der Waals surface area contributed by atoms with Crippen molar-refractivity contribution in [3.63, 3.8) is 0 Å². The van der Waals surface area contributed by atoms with Crippen molar-refractivity contribution in [1.82, 2.24) is 4.98 Å². The fraction of sp³-hybridized carbons (Fsp3) is 0.0526. The van der Waals surface area contributed by atoms with Crippen molar-refractivity contribution in [2.24, 2.45) is 0 Å². The van der Waals surface area contributed by atoms with Crippen LogP contribution in [0.1, 0.15) is 10.4 Å². The minimum absolute atomic E-state index is 0.0956. The Balaban J connectivity index is 1.94. The Labute approximate surface area is 159 Å². The second-order valence-electron chi connectivity index (χ2n) is 5.52. The predicted octanol–water partition coefficient (Wildman–Crippen LogP) is 4.84. The van der Waals surface area contributed by atoms with Crippen molar-refractivity contribution < 1.29 is 14.5 Å². The quantitative estimate of drug-likeness (QED) is 0.385. The highest BCUT2D eigenvalue weighted by atomic mass is 35.5. The number of methoxy groups -OCH3 is 1. The van der Waals surface area contributed by atoms with E-state index in [1.807, 2.05) is 0 Å². The summed E-state index contributed by atoms with van der Waals surface area (Å²) in [5.41, 5.74) is 2.10. The van der Waals surface area contributed by atoms with Crippen LogP contribution in [0, 0.1) is 10.1 Å². The van der Waals surface area contributed by atoms with E-state index in [1.165, 1.54) is 13.2 Å². The van der Waals surface area contributed by atoms with Crippen LogP contribution in [0.4, 0.5) is 17.2 Å². The van der Waals surface area contributed by atoms with E-state index in [9.17, 15) is 14.9 Å². The molecule has 7 nitrogen and oxygen atoms in total. The molecule has 0 fully saturated rings. The number of rotatable bonds is 5. The summed E-state index contributed by atoms with van der Waals surface area (Å²) < 4.78 is 4.65. The molecule has 8 heteroatoms. The zero-order valence-corrected chi connectivity index (χ0v) is 14.9. The Hall–Kier alpha value is -3.45. The molecule has 3 aromatic rings. The van der Waals surface area contributed by atoms with Gasteiger partial charge in [-0.3, -0.25) is 10.1 Å². The molecule has 1 aromatic heterocycles. The van der Waals surface area contributed by atoms with Crippen LogP contribution in [0.3, 0.4) is 0 Å². The summed E-state index contributed by atoms with van der Waals surface area (Å²) in [6.07, 6.45) is 0. The molecule has 0 aliphatic carbocycles. The molecule has 2 aromatic carbocycles. The van der Waals surface area contributed by atoms with E-state index in [0.29, 0.717) is 22.0 Å². The molecule has 0 saturated carbocycles. The molecule has 0 amide bonds. The van der Waals surface area contributed by atoms with E-state index in [0.717, 1.165) is 5.56 Å². The molecule has 136 valence electrons. The van der Waals surface area contributed by atoms with Gasteiger partial charge in [0.15, 0.2) is 0 Å². The summed E-state index contributed by atoms with van der Waals surface area (Å²) in [4.78, 5) is 26.7. The van der Waals surface area contributed by atoms with Crippen LogP contribution in [0.5, 0.6) is 0 Å². The standard InChI is InChI=1S/C19H14ClN3O4/c1-27-19(24)13-4-8-15(9-5-13)21-18-17(23(25)26)11-10-16(22-18)12-2-6-14(20)7-3-12/h2-11H,1H3,(H,21,22). The van der Waals surface area contributed by atoms with Gasteiger partial charge in [-0.15, -0.1) is 0 Å². The molecule has 1 N–H and O–H groups in total. The largest absolute Gasteiger partial charge is 0.465 e. The molecule has 0 aliphatic rings. The van der Waals surface area contributed by atoms with Gasteiger partial charge in [-0.1, -0.05) is 23.7 Å². The van der Waals surface area contributed by atoms with Crippen molar-refractivity contribution in [3.05, 3.63) is 81.4 Å². The van der Waals surface area contributed by atoms with Crippen LogP contribution in [-0.4, -0.2) is 23.0 Å². The number of nitro groups is 1. The predicted molar refractivity (Wildman–Crippen MR) is 102 cm³/mol. The summed E-state index contributed by atoms with van der Waals surface area (Å²) in [6, 6.07) is 16.3. The monoisotopic (exact) mass is 383 g/mol. The van der Waals surface area contributed by atoms with Gasteiger partial charge in [0, 0.05) is 22.3 Å². The maximum absolute atomic E-state index is 11.5. The number of halogens is 1. The number of carbonyl (C=O) groups excluding carboxylic acids is 1. The maximum Gasteiger partial charge on any atom is 0.337 e. The average Bonchev–Trinajstić information content (AvgIpc) is 2.68. The number of esters is 1. The topological polar surface area (TPSA) is 94.4 Å². The maximum atomic E-state index is 11.5. The Bertz CT molecular complexity index is 989. The molecule has 0 unspecified atom stereocenters. The minimum Gasteiger partial charge on any atom is -0.465 e. The highest BCUT2D eigenvalue weighted by molar-refractivity contribution is 6.30. The molecule has 0 bridgehead atoms. The van der Waals surface area contributed by atoms with Crippen molar-refractivity contribution in [3.8, 4) is 11.3 Å². The molecule has 1 heterocycles. The lowest BCUT2D eigenvalue weighted by Gasteiger charge is -2.09. The number of aromatic nitrogens is 1. The van der Waals surface area contributed by atoms with Gasteiger partial charge in [0.05, 0.1) is 23.3 Å². The third-order valence-corrected chi connectivity index (χ3v) is 4.03. The Morgan fingerprint density at radius 3 is 2.33 bits per heavy atom. The zero-order chi connectivity index (χ0) is 19.4. The number of pyridine rings is 1. The molecular formula is C19H14ClN3O4. The Morgan fingerprint density at radius 2 is 1.74 bits per heavy atom. The van der Waals surface area contributed by atoms with Crippen LogP contribution in [-0.2, 0) is 4.74 Å². The van der Waals surface area contributed by atoms with E-state index < -0.39 is 10.9 Å². The number of carbonyl (C=O) groups is 1. The van der Waals surface area contributed by atoms with Gasteiger partial charge in [-0.2, -0.15) is 0 Å². The second kappa shape index (κ2) is 7.84. The summed E-state index contributed by atoms with van der Waals surface area (Å²) in [7, 11) is 1.30. The summed E-state index contributed by atoms with van der Waals surface area (Å²) in [6.45, 7) is 0. The van der Waals surface area contributed by atoms with Gasteiger partial charge >= 0.3 is 11.7 Å². The van der Waals surface area contributed by atoms with Crippen molar-refractivity contribution in [1.29, 1.82) is 0 Å². The fourth-order valence-electron chi connectivity index (χ4n) is 2.42. The second-order valence-corrected chi connectivity index (χ2v) is 5.96. The summed E-state index contributed by atoms with van der Waals surface area (Å²) >= 11 is 5.90. The lowest BCUT2D eigenvalue weighted by atomic mass is 10.1. The number of nitrogens with one attached hydrogen (secondary N) is 1. The number of benzene rings is 2. The van der Waals surface area contributed by atoms with Crippen molar-refractivity contribution in [2.45, 2.75) is 0 Å². The highest BCUT2D eigenvalue weighted by Gasteiger charge is 2.17. The number of ether oxygens (including phenoxy) is 1. The number of hydrogen-bond acceptors (Lipinski definition) is 6. The van der Waals surface area contributed by atoms with Crippen LogP contribution >= 0.6 is 11.6 Å². The summed E-state index contributed by atoms with van der Waals surface area (Å²) in [5, 5.41) is 14.8. The van der Waals surface area contributed by atoms with Crippen LogP contribution in [0.15, 0.2) is 60.7 Å². The van der Waals surface area contributed by atoms with E-state index in [2.05, 4.69) is 15.0 Å². The van der Waals surface area contributed by atoms with E-state index in [-0.39, 0.29) is 11.5 Å². The third-order valence-electron chi connectivity index (χ3n) is 3.78. The van der Waals surface area contributed by atoms with Crippen LogP contribution in [0.2, 0.25) is 5.02 Å². The van der Waals surface area contributed by atoms with Crippen LogP contribution in [0.25, 0.3) is 11.3 Å². The van der Waals surface area contributed by atoms with Gasteiger partial charge in [-0.05, 0) is 42.5 Å². The Morgan fingerprint density at radius 1 is 1.07 bits per heavy atom. The Kier molecular flexibility index (Phi) is 5.33. The van der Waals surface area contributed by atoms with Gasteiger partial charge in [-0.25, -0.2) is 9.78 Å². The van der Waals surface area contributed by atoms with Gasteiger partial charge in [0.25, 0.3) is 0 Å². The third kappa shape index (κ3) is 4.21. The smallest absolute Gasteiger partial charge is 0.337 e. The van der Waals surface area contributed by atoms with E-state index in [1.54, 1.807) is 54.6 Å². The van der Waals surface area contributed by atoms with Crippen LogP contribution < -0.4 is 5.32 Å². The molecule has 0 spiro atoms. The van der Waals surface area contributed by atoms with Crippen molar-refractivity contribution in [2.75, 3.05) is 12.4 Å². The normalized spacial score (nSPS) is 10.3. The van der Waals surface area contributed by atoms with Gasteiger partial charge < -0.3 is 10.1 Å². The van der Waals surface area contributed by atoms with Crippen molar-refractivity contribution >= 4 is 34.8 Å². The van der Waals surface area contributed by atoms with Gasteiger partial charge in [0.1, 0.15) is 0 Å². The first-order chi connectivity index (χ1) is 13.0. The molecule has 0 radical (unpaired) electrons. The minimum atomic E-state index is -0.510. The molecule has 0 aliphatic heterocycles. The average molecular weight is 384 g/mol. The highest BCUT2D eigenvalue weighted by Crippen LogP contribution is 2.30. The summed E-state index contributed by atoms with van der Waals surface area (Å²) in [5.74, 6) is -0.367. The fourth-order valence-corrected chi connectivity index (χ4v) is 2.54. The van der Waals surface area contributed by atoms with Gasteiger partial charge in [0.2, 0.25) is 5.82 Å². The lowest BCUT2D eigenvalue weighted by molar-refractivity contribution is -0.384. The number of hydrogen-bond donors (Lipinski definition) is 1. The SMILES string of the molecule is COC(=O)c1ccc(Nc2nc(-c3ccc(Cl)cc3)ccc2[N+](=O)[O-])cc1. The molecular weight excluding hydrogens is 370 g/mol. The van der Waals surface area contributed by atoms with E-state index in [4.69, 9.17) is 11.6 Å². The molecule has 3 rings (SSSR count). The first-order valence-corrected chi connectivity index (χ1v) is 8.22. The lowest BCUT2D eigenvalue weighted by Crippen LogP contribution is -2.03. The molecule has 0 atom stereocenters. The van der Waals surface area contributed by atoms with E-state index >= 15 is 0 Å². The first-order valence-electron chi connectivity index (χ1n) is 7.84. The number of nitrogens with zero attached hydrogens (tertiary/aromatic N) is 2. The molecule has 27 heavy (non-hydrogen) atoms. The first kappa shape index (κ1) is 18.3. The molecule has 0 saturated heterocycles.